The molecule has 4 nitrogen and oxygen atoms in total. The molecular weight excluding hydrogens is 182 g/mol. The lowest BCUT2D eigenvalue weighted by molar-refractivity contribution is -0.146. The molecule has 82 valence electrons. The summed E-state index contributed by atoms with van der Waals surface area (Å²) in [6, 6.07) is -0.545. The fourth-order valence-electron chi connectivity index (χ4n) is 0.922. The predicted octanol–water partition coefficient (Wildman–Crippen LogP) is 0.882. The highest BCUT2D eigenvalue weighted by Gasteiger charge is 2.20. The van der Waals surface area contributed by atoms with E-state index in [4.69, 9.17) is 10.5 Å². The molecule has 14 heavy (non-hydrogen) atoms. The van der Waals surface area contributed by atoms with Crippen molar-refractivity contribution in [3.05, 3.63) is 0 Å². The summed E-state index contributed by atoms with van der Waals surface area (Å²) in [6.07, 6.45) is 2.65. The summed E-state index contributed by atoms with van der Waals surface area (Å²) in [4.78, 5) is 21.2. The quantitative estimate of drug-likeness (QED) is 0.377. The molecule has 0 spiro atoms. The molecule has 0 amide bonds. The van der Waals surface area contributed by atoms with Crippen LogP contribution in [0.2, 0.25) is 0 Å². The van der Waals surface area contributed by atoms with E-state index in [2.05, 4.69) is 0 Å². The first kappa shape index (κ1) is 13.1. The molecule has 2 atom stereocenters. The Balaban J connectivity index is 3.67. The Labute approximate surface area is 84.8 Å². The Morgan fingerprint density at radius 3 is 2.71 bits per heavy atom. The third-order valence-electron chi connectivity index (χ3n) is 2.24. The van der Waals surface area contributed by atoms with Gasteiger partial charge >= 0.3 is 5.97 Å². The van der Waals surface area contributed by atoms with Crippen molar-refractivity contribution in [1.29, 1.82) is 0 Å². The van der Waals surface area contributed by atoms with E-state index >= 15 is 0 Å². The van der Waals surface area contributed by atoms with E-state index in [0.29, 0.717) is 12.8 Å². The van der Waals surface area contributed by atoms with Gasteiger partial charge in [-0.3, -0.25) is 4.79 Å². The first-order chi connectivity index (χ1) is 6.63. The summed E-state index contributed by atoms with van der Waals surface area (Å²) in [7, 11) is 0. The minimum atomic E-state index is -0.545. The number of rotatable bonds is 7. The molecule has 0 unspecified atom stereocenters. The van der Waals surface area contributed by atoms with Crippen LogP contribution in [0.5, 0.6) is 0 Å². The monoisotopic (exact) mass is 201 g/mol. The van der Waals surface area contributed by atoms with E-state index in [-0.39, 0.29) is 18.5 Å². The normalized spacial score (nSPS) is 14.5. The zero-order chi connectivity index (χ0) is 11.0. The number of hydrogen-bond acceptors (Lipinski definition) is 4. The third kappa shape index (κ3) is 4.97. The Bertz CT molecular complexity index is 182. The second-order valence-electron chi connectivity index (χ2n) is 3.39. The molecule has 0 aliphatic rings. The maximum absolute atomic E-state index is 11.3. The molecule has 0 saturated heterocycles. The van der Waals surface area contributed by atoms with Gasteiger partial charge in [0.15, 0.2) is 0 Å². The van der Waals surface area contributed by atoms with Crippen molar-refractivity contribution in [3.8, 4) is 0 Å². The number of nitrogens with two attached hydrogens (primary N) is 1. The van der Waals surface area contributed by atoms with Crippen molar-refractivity contribution < 1.29 is 14.3 Å². The highest BCUT2D eigenvalue weighted by atomic mass is 16.5. The van der Waals surface area contributed by atoms with E-state index in [9.17, 15) is 9.59 Å². The summed E-state index contributed by atoms with van der Waals surface area (Å²) in [6.45, 7) is 4.17. The van der Waals surface area contributed by atoms with E-state index in [0.717, 1.165) is 12.7 Å². The zero-order valence-corrected chi connectivity index (χ0v) is 8.86. The molecule has 0 aliphatic heterocycles. The van der Waals surface area contributed by atoms with E-state index in [1.807, 2.05) is 13.8 Å². The topological polar surface area (TPSA) is 69.4 Å². The average molecular weight is 201 g/mol. The number of esters is 1. The summed E-state index contributed by atoms with van der Waals surface area (Å²) in [5.41, 5.74) is 5.64. The smallest absolute Gasteiger partial charge is 0.323 e. The van der Waals surface area contributed by atoms with Crippen LogP contribution in [0.15, 0.2) is 0 Å². The standard InChI is InChI=1S/C10H19NO3/c1-3-8(2)9(11)10(13)14-7-5-4-6-12/h6,8-9H,3-5,7,11H2,1-2H3/t8-,9-/m0/s1. The van der Waals surface area contributed by atoms with Crippen LogP contribution in [-0.4, -0.2) is 24.9 Å². The molecule has 0 aromatic rings. The van der Waals surface area contributed by atoms with Crippen molar-refractivity contribution >= 4 is 12.3 Å². The number of carbonyl (C=O) groups excluding carboxylic acids is 2. The van der Waals surface area contributed by atoms with Gasteiger partial charge in [0.25, 0.3) is 0 Å². The van der Waals surface area contributed by atoms with E-state index in [1.165, 1.54) is 0 Å². The summed E-state index contributed by atoms with van der Waals surface area (Å²) < 4.78 is 4.91. The van der Waals surface area contributed by atoms with E-state index in [1.54, 1.807) is 0 Å². The number of unbranched alkanes of at least 4 members (excludes halogenated alkanes) is 1. The Hall–Kier alpha value is -0.900. The lowest BCUT2D eigenvalue weighted by Gasteiger charge is -2.16. The highest BCUT2D eigenvalue weighted by molar-refractivity contribution is 5.75. The SMILES string of the molecule is CC[C@H](C)[C@H](N)C(=O)OCCCC=O. The van der Waals surface area contributed by atoms with Gasteiger partial charge in [0, 0.05) is 6.42 Å². The molecule has 0 bridgehead atoms. The molecule has 0 rings (SSSR count). The van der Waals surface area contributed by atoms with E-state index < -0.39 is 6.04 Å². The summed E-state index contributed by atoms with van der Waals surface area (Å²) >= 11 is 0. The molecule has 0 radical (unpaired) electrons. The molecule has 2 N–H and O–H groups in total. The molecule has 0 aromatic heterocycles. The Kier molecular flexibility index (Phi) is 7.02. The first-order valence-electron chi connectivity index (χ1n) is 4.99. The second kappa shape index (κ2) is 7.50. The number of carbonyl (C=O) groups is 2. The lowest BCUT2D eigenvalue weighted by atomic mass is 10.0. The fraction of sp³-hybridized carbons (Fsp3) is 0.800. The van der Waals surface area contributed by atoms with Crippen molar-refractivity contribution in [2.75, 3.05) is 6.61 Å². The predicted molar refractivity (Wildman–Crippen MR) is 53.7 cm³/mol. The Morgan fingerprint density at radius 2 is 2.21 bits per heavy atom. The second-order valence-corrected chi connectivity index (χ2v) is 3.39. The molecule has 0 aromatic carbocycles. The molecule has 0 fully saturated rings. The third-order valence-corrected chi connectivity index (χ3v) is 2.24. The average Bonchev–Trinajstić information content (AvgIpc) is 2.21. The molecule has 0 heterocycles. The van der Waals surface area contributed by atoms with Crippen LogP contribution in [0.25, 0.3) is 0 Å². The van der Waals surface area contributed by atoms with Gasteiger partial charge in [-0.15, -0.1) is 0 Å². The van der Waals surface area contributed by atoms with Crippen LogP contribution in [0, 0.1) is 5.92 Å². The van der Waals surface area contributed by atoms with Gasteiger partial charge in [-0.25, -0.2) is 0 Å². The van der Waals surface area contributed by atoms with Gasteiger partial charge < -0.3 is 15.3 Å². The fourth-order valence-corrected chi connectivity index (χ4v) is 0.922. The number of aldehydes is 1. The molecule has 0 saturated carbocycles. The van der Waals surface area contributed by atoms with Crippen LogP contribution in [-0.2, 0) is 14.3 Å². The van der Waals surface area contributed by atoms with Crippen LogP contribution in [0.3, 0.4) is 0 Å². The van der Waals surface area contributed by atoms with Gasteiger partial charge in [-0.05, 0) is 12.3 Å². The van der Waals surface area contributed by atoms with Gasteiger partial charge in [0.1, 0.15) is 12.3 Å². The van der Waals surface area contributed by atoms with Crippen LogP contribution in [0.4, 0.5) is 0 Å². The summed E-state index contributed by atoms with van der Waals surface area (Å²) in [5.74, 6) is -0.237. The van der Waals surface area contributed by atoms with Gasteiger partial charge in [-0.1, -0.05) is 20.3 Å². The van der Waals surface area contributed by atoms with Crippen molar-refractivity contribution in [2.24, 2.45) is 11.7 Å². The van der Waals surface area contributed by atoms with Gasteiger partial charge in [0.05, 0.1) is 6.61 Å². The van der Waals surface area contributed by atoms with Crippen LogP contribution >= 0.6 is 0 Å². The first-order valence-corrected chi connectivity index (χ1v) is 4.99. The van der Waals surface area contributed by atoms with Gasteiger partial charge in [-0.2, -0.15) is 0 Å². The van der Waals surface area contributed by atoms with Crippen molar-refractivity contribution in [3.63, 3.8) is 0 Å². The molecule has 4 heteroatoms. The minimum absolute atomic E-state index is 0.133. The van der Waals surface area contributed by atoms with Crippen LogP contribution in [0.1, 0.15) is 33.1 Å². The van der Waals surface area contributed by atoms with Crippen molar-refractivity contribution in [2.45, 2.75) is 39.2 Å². The maximum Gasteiger partial charge on any atom is 0.323 e. The largest absolute Gasteiger partial charge is 0.465 e. The number of hydrogen-bond donors (Lipinski definition) is 1. The maximum atomic E-state index is 11.3. The number of ether oxygens (including phenoxy) is 1. The molecule has 0 aliphatic carbocycles. The minimum Gasteiger partial charge on any atom is -0.465 e. The summed E-state index contributed by atoms with van der Waals surface area (Å²) in [5, 5.41) is 0. The highest BCUT2D eigenvalue weighted by Crippen LogP contribution is 2.06. The van der Waals surface area contributed by atoms with Gasteiger partial charge in [0.2, 0.25) is 0 Å². The molecular formula is C10H19NO3. The lowest BCUT2D eigenvalue weighted by Crippen LogP contribution is -2.38. The Morgan fingerprint density at radius 1 is 1.57 bits per heavy atom. The van der Waals surface area contributed by atoms with Crippen LogP contribution < -0.4 is 5.73 Å². The zero-order valence-electron chi connectivity index (χ0n) is 8.86. The van der Waals surface area contributed by atoms with Crippen molar-refractivity contribution in [1.82, 2.24) is 0 Å².